The summed E-state index contributed by atoms with van der Waals surface area (Å²) in [6.45, 7) is 1.97. The lowest BCUT2D eigenvalue weighted by Crippen LogP contribution is -2.27. The van der Waals surface area contributed by atoms with Gasteiger partial charge in [-0.25, -0.2) is 9.97 Å². The molecule has 1 aliphatic carbocycles. The number of aryl methyl sites for hydroxylation is 1. The number of aromatic amines is 1. The lowest BCUT2D eigenvalue weighted by molar-refractivity contribution is 0.332. The van der Waals surface area contributed by atoms with Gasteiger partial charge in [-0.15, -0.1) is 0 Å². The van der Waals surface area contributed by atoms with Crippen molar-refractivity contribution in [2.75, 3.05) is 10.6 Å². The SMILES string of the molecule is Cc1cc(Nc2ccnc(CC3CCC(Nc4cccc(Cl)c4)CC3)n2)n[nH]1. The molecule has 3 aromatic rings. The van der Waals surface area contributed by atoms with E-state index >= 15 is 0 Å². The molecule has 1 fully saturated rings. The van der Waals surface area contributed by atoms with E-state index in [1.807, 2.05) is 43.5 Å². The zero-order valence-corrected chi connectivity index (χ0v) is 16.7. The molecule has 0 amide bonds. The topological polar surface area (TPSA) is 78.5 Å². The maximum atomic E-state index is 6.08. The Bertz CT molecular complexity index is 917. The molecule has 0 atom stereocenters. The van der Waals surface area contributed by atoms with Crippen molar-refractivity contribution in [1.29, 1.82) is 0 Å². The molecule has 0 unspecified atom stereocenters. The number of aromatic nitrogens is 4. The standard InChI is InChI=1S/C21H25ClN6/c1-14-11-21(28-27-14)26-19-9-10-23-20(25-19)12-15-5-7-17(8-6-15)24-18-4-2-3-16(22)13-18/h2-4,9-11,13,15,17,24H,5-8,12H2,1H3,(H2,23,25,26,27,28). The zero-order chi connectivity index (χ0) is 19.3. The van der Waals surface area contributed by atoms with Gasteiger partial charge in [0, 0.05) is 41.1 Å². The Balaban J connectivity index is 1.29. The van der Waals surface area contributed by atoms with Crippen LogP contribution in [0.1, 0.15) is 37.2 Å². The molecular weight excluding hydrogens is 372 g/mol. The molecule has 28 heavy (non-hydrogen) atoms. The Kier molecular flexibility index (Phi) is 5.76. The van der Waals surface area contributed by atoms with Gasteiger partial charge < -0.3 is 10.6 Å². The number of rotatable bonds is 6. The van der Waals surface area contributed by atoms with Gasteiger partial charge in [0.05, 0.1) is 0 Å². The van der Waals surface area contributed by atoms with Crippen LogP contribution in [0.4, 0.5) is 17.3 Å². The average molecular weight is 397 g/mol. The fourth-order valence-corrected chi connectivity index (χ4v) is 3.95. The maximum Gasteiger partial charge on any atom is 0.153 e. The third-order valence-corrected chi connectivity index (χ3v) is 5.42. The largest absolute Gasteiger partial charge is 0.382 e. The van der Waals surface area contributed by atoms with Crippen molar-refractivity contribution < 1.29 is 0 Å². The van der Waals surface area contributed by atoms with Gasteiger partial charge in [-0.2, -0.15) is 5.10 Å². The first-order valence-electron chi connectivity index (χ1n) is 9.77. The van der Waals surface area contributed by atoms with Crippen molar-refractivity contribution in [2.24, 2.45) is 5.92 Å². The van der Waals surface area contributed by atoms with Gasteiger partial charge in [0.15, 0.2) is 5.82 Å². The van der Waals surface area contributed by atoms with Gasteiger partial charge in [0.1, 0.15) is 11.6 Å². The summed E-state index contributed by atoms with van der Waals surface area (Å²) in [5.74, 6) is 3.08. The number of hydrogen-bond acceptors (Lipinski definition) is 5. The lowest BCUT2D eigenvalue weighted by atomic mass is 9.84. The molecule has 1 saturated carbocycles. The number of nitrogens with one attached hydrogen (secondary N) is 3. The molecule has 0 radical (unpaired) electrons. The van der Waals surface area contributed by atoms with Crippen molar-refractivity contribution in [2.45, 2.75) is 45.1 Å². The monoisotopic (exact) mass is 396 g/mol. The van der Waals surface area contributed by atoms with E-state index in [9.17, 15) is 0 Å². The van der Waals surface area contributed by atoms with E-state index in [0.717, 1.165) is 53.1 Å². The summed E-state index contributed by atoms with van der Waals surface area (Å²) in [7, 11) is 0. The maximum absolute atomic E-state index is 6.08. The van der Waals surface area contributed by atoms with Gasteiger partial charge in [-0.05, 0) is 62.8 Å². The van der Waals surface area contributed by atoms with Crippen molar-refractivity contribution in [3.8, 4) is 0 Å². The second-order valence-corrected chi connectivity index (χ2v) is 7.93. The van der Waals surface area contributed by atoms with Crippen molar-refractivity contribution in [1.82, 2.24) is 20.2 Å². The lowest BCUT2D eigenvalue weighted by Gasteiger charge is -2.29. The predicted octanol–water partition coefficient (Wildman–Crippen LogP) is 5.12. The minimum Gasteiger partial charge on any atom is -0.382 e. The van der Waals surface area contributed by atoms with E-state index < -0.39 is 0 Å². The second-order valence-electron chi connectivity index (χ2n) is 7.50. The van der Waals surface area contributed by atoms with Crippen LogP contribution in [0.25, 0.3) is 0 Å². The summed E-state index contributed by atoms with van der Waals surface area (Å²) < 4.78 is 0. The summed E-state index contributed by atoms with van der Waals surface area (Å²) >= 11 is 6.08. The van der Waals surface area contributed by atoms with Crippen molar-refractivity contribution in [3.05, 3.63) is 59.1 Å². The number of halogens is 1. The first kappa shape index (κ1) is 18.7. The third-order valence-electron chi connectivity index (χ3n) is 5.18. The van der Waals surface area contributed by atoms with E-state index in [1.54, 1.807) is 0 Å². The van der Waals surface area contributed by atoms with E-state index in [-0.39, 0.29) is 0 Å². The highest BCUT2D eigenvalue weighted by Crippen LogP contribution is 2.29. The number of H-pyrrole nitrogens is 1. The summed E-state index contributed by atoms with van der Waals surface area (Å²) in [5.41, 5.74) is 2.12. The predicted molar refractivity (Wildman–Crippen MR) is 113 cm³/mol. The third kappa shape index (κ3) is 5.01. The second kappa shape index (κ2) is 8.61. The van der Waals surface area contributed by atoms with Crippen molar-refractivity contribution >= 4 is 28.9 Å². The van der Waals surface area contributed by atoms with Gasteiger partial charge in [0.2, 0.25) is 0 Å². The van der Waals surface area contributed by atoms with Crippen LogP contribution in [0.3, 0.4) is 0 Å². The first-order chi connectivity index (χ1) is 13.6. The Morgan fingerprint density at radius 3 is 2.71 bits per heavy atom. The van der Waals surface area contributed by atoms with Gasteiger partial charge in [-0.1, -0.05) is 17.7 Å². The molecule has 2 heterocycles. The van der Waals surface area contributed by atoms with E-state index in [0.29, 0.717) is 12.0 Å². The summed E-state index contributed by atoms with van der Waals surface area (Å²) in [6.07, 6.45) is 7.40. The Labute approximate surface area is 170 Å². The van der Waals surface area contributed by atoms with Crippen LogP contribution in [-0.4, -0.2) is 26.2 Å². The van der Waals surface area contributed by atoms with E-state index in [4.69, 9.17) is 11.6 Å². The number of hydrogen-bond donors (Lipinski definition) is 3. The van der Waals surface area contributed by atoms with E-state index in [2.05, 4.69) is 36.9 Å². The fourth-order valence-electron chi connectivity index (χ4n) is 3.76. The van der Waals surface area contributed by atoms with Crippen LogP contribution in [0.5, 0.6) is 0 Å². The molecule has 1 aliphatic rings. The van der Waals surface area contributed by atoms with Crippen LogP contribution >= 0.6 is 11.6 Å². The summed E-state index contributed by atoms with van der Waals surface area (Å²) in [6, 6.07) is 12.3. The highest BCUT2D eigenvalue weighted by atomic mass is 35.5. The molecule has 6 nitrogen and oxygen atoms in total. The summed E-state index contributed by atoms with van der Waals surface area (Å²) in [4.78, 5) is 9.13. The van der Waals surface area contributed by atoms with Crippen LogP contribution < -0.4 is 10.6 Å². The molecular formula is C21H25ClN6. The number of anilines is 3. The Morgan fingerprint density at radius 2 is 1.96 bits per heavy atom. The minimum atomic E-state index is 0.506. The molecule has 0 bridgehead atoms. The molecule has 7 heteroatoms. The minimum absolute atomic E-state index is 0.506. The van der Waals surface area contributed by atoms with Crippen molar-refractivity contribution in [3.63, 3.8) is 0 Å². The molecule has 146 valence electrons. The molecule has 1 aromatic carbocycles. The van der Waals surface area contributed by atoms with Crippen LogP contribution in [-0.2, 0) is 6.42 Å². The molecule has 0 aliphatic heterocycles. The van der Waals surface area contributed by atoms with E-state index in [1.165, 1.54) is 12.8 Å². The first-order valence-corrected chi connectivity index (χ1v) is 10.1. The zero-order valence-electron chi connectivity index (χ0n) is 16.0. The highest BCUT2D eigenvalue weighted by Gasteiger charge is 2.22. The fraction of sp³-hybridized carbons (Fsp3) is 0.381. The number of nitrogens with zero attached hydrogens (tertiary/aromatic N) is 3. The van der Waals surface area contributed by atoms with Crippen LogP contribution in [0, 0.1) is 12.8 Å². The Morgan fingerprint density at radius 1 is 1.11 bits per heavy atom. The van der Waals surface area contributed by atoms with Crippen LogP contribution in [0.15, 0.2) is 42.6 Å². The molecule has 4 rings (SSSR count). The number of benzene rings is 1. The van der Waals surface area contributed by atoms with Crippen LogP contribution in [0.2, 0.25) is 5.02 Å². The molecule has 0 spiro atoms. The van der Waals surface area contributed by atoms with Gasteiger partial charge in [0.25, 0.3) is 0 Å². The quantitative estimate of drug-likeness (QED) is 0.539. The average Bonchev–Trinajstić information content (AvgIpc) is 3.08. The van der Waals surface area contributed by atoms with Gasteiger partial charge in [-0.3, -0.25) is 5.10 Å². The van der Waals surface area contributed by atoms with Gasteiger partial charge >= 0.3 is 0 Å². The Hall–Kier alpha value is -2.60. The normalized spacial score (nSPS) is 19.4. The molecule has 0 saturated heterocycles. The summed E-state index contributed by atoms with van der Waals surface area (Å²) in [5, 5.41) is 14.7. The highest BCUT2D eigenvalue weighted by molar-refractivity contribution is 6.30. The molecule has 2 aromatic heterocycles. The smallest absolute Gasteiger partial charge is 0.153 e. The molecule has 3 N–H and O–H groups in total.